The summed E-state index contributed by atoms with van der Waals surface area (Å²) in [6.07, 6.45) is 0.158. The van der Waals surface area contributed by atoms with Crippen LogP contribution in [0.15, 0.2) is 21.2 Å². The van der Waals surface area contributed by atoms with Gasteiger partial charge in [-0.05, 0) is 32.2 Å². The number of carbonyl (C=O) groups excluding carboxylic acids is 1. The smallest absolute Gasteiger partial charge is 0.231 e. The van der Waals surface area contributed by atoms with E-state index in [1.54, 1.807) is 11.3 Å². The number of aromatic amines is 1. The van der Waals surface area contributed by atoms with Crippen molar-refractivity contribution >= 4 is 23.1 Å². The second-order valence-electron chi connectivity index (χ2n) is 5.08. The first-order chi connectivity index (χ1) is 10.5. The molecule has 3 aromatic heterocycles. The maximum Gasteiger partial charge on any atom is 0.231 e. The highest BCUT2D eigenvalue weighted by atomic mass is 32.1. The SMILES string of the molecule is Cc1[nH]nc(NC(=O)Cc2nc(-c3ccsc3)oc2C)c1C. The van der Waals surface area contributed by atoms with Crippen LogP contribution in [-0.2, 0) is 11.2 Å². The van der Waals surface area contributed by atoms with Crippen LogP contribution in [0.4, 0.5) is 5.82 Å². The number of oxazole rings is 1. The third-order valence-corrected chi connectivity index (χ3v) is 4.18. The molecule has 0 aliphatic heterocycles. The molecule has 22 heavy (non-hydrogen) atoms. The number of hydrogen-bond acceptors (Lipinski definition) is 5. The van der Waals surface area contributed by atoms with E-state index in [0.29, 0.717) is 23.2 Å². The molecule has 7 heteroatoms. The lowest BCUT2D eigenvalue weighted by Gasteiger charge is -2.01. The fraction of sp³-hybridized carbons (Fsp3) is 0.267. The average molecular weight is 316 g/mol. The van der Waals surface area contributed by atoms with E-state index in [-0.39, 0.29) is 12.3 Å². The zero-order chi connectivity index (χ0) is 15.7. The Morgan fingerprint density at radius 1 is 1.41 bits per heavy atom. The molecule has 0 bridgehead atoms. The van der Waals surface area contributed by atoms with Crippen LogP contribution in [0.1, 0.15) is 22.7 Å². The van der Waals surface area contributed by atoms with E-state index < -0.39 is 0 Å². The van der Waals surface area contributed by atoms with Crippen molar-refractivity contribution in [1.82, 2.24) is 15.2 Å². The zero-order valence-corrected chi connectivity index (χ0v) is 13.4. The van der Waals surface area contributed by atoms with Gasteiger partial charge in [-0.2, -0.15) is 16.4 Å². The van der Waals surface area contributed by atoms with Gasteiger partial charge in [0.05, 0.1) is 12.1 Å². The van der Waals surface area contributed by atoms with Gasteiger partial charge in [0.15, 0.2) is 5.82 Å². The summed E-state index contributed by atoms with van der Waals surface area (Å²) in [4.78, 5) is 16.6. The highest BCUT2D eigenvalue weighted by Crippen LogP contribution is 2.24. The molecule has 2 N–H and O–H groups in total. The molecule has 0 saturated carbocycles. The molecule has 6 nitrogen and oxygen atoms in total. The Balaban J connectivity index is 1.73. The summed E-state index contributed by atoms with van der Waals surface area (Å²) >= 11 is 1.58. The molecule has 0 aliphatic carbocycles. The molecule has 3 heterocycles. The molecule has 3 rings (SSSR count). The van der Waals surface area contributed by atoms with Gasteiger partial charge in [0, 0.05) is 22.2 Å². The van der Waals surface area contributed by atoms with Crippen LogP contribution in [0.3, 0.4) is 0 Å². The Morgan fingerprint density at radius 2 is 2.23 bits per heavy atom. The largest absolute Gasteiger partial charge is 0.441 e. The maximum absolute atomic E-state index is 12.1. The minimum absolute atomic E-state index is 0.158. The number of nitrogens with one attached hydrogen (secondary N) is 2. The maximum atomic E-state index is 12.1. The highest BCUT2D eigenvalue weighted by Gasteiger charge is 2.16. The molecule has 0 radical (unpaired) electrons. The molecular formula is C15H16N4O2S. The molecule has 3 aromatic rings. The van der Waals surface area contributed by atoms with Gasteiger partial charge in [0.2, 0.25) is 11.8 Å². The van der Waals surface area contributed by atoms with Crippen molar-refractivity contribution in [2.24, 2.45) is 0 Å². The summed E-state index contributed by atoms with van der Waals surface area (Å²) in [5.74, 6) is 1.60. The fourth-order valence-corrected chi connectivity index (χ4v) is 2.67. The van der Waals surface area contributed by atoms with Gasteiger partial charge in [-0.25, -0.2) is 4.98 Å². The predicted octanol–water partition coefficient (Wildman–Crippen LogP) is 3.23. The number of rotatable bonds is 4. The van der Waals surface area contributed by atoms with Gasteiger partial charge in [-0.3, -0.25) is 9.89 Å². The second-order valence-corrected chi connectivity index (χ2v) is 5.86. The minimum atomic E-state index is -0.164. The quantitative estimate of drug-likeness (QED) is 0.774. The zero-order valence-electron chi connectivity index (χ0n) is 12.6. The van der Waals surface area contributed by atoms with Crippen LogP contribution in [0.25, 0.3) is 11.5 Å². The summed E-state index contributed by atoms with van der Waals surface area (Å²) in [5, 5.41) is 13.6. The van der Waals surface area contributed by atoms with Crippen LogP contribution < -0.4 is 5.32 Å². The van der Waals surface area contributed by atoms with Gasteiger partial charge < -0.3 is 9.73 Å². The summed E-state index contributed by atoms with van der Waals surface area (Å²) < 4.78 is 5.63. The third-order valence-electron chi connectivity index (χ3n) is 3.50. The molecule has 0 atom stereocenters. The van der Waals surface area contributed by atoms with Crippen molar-refractivity contribution in [2.75, 3.05) is 5.32 Å². The first-order valence-corrected chi connectivity index (χ1v) is 7.79. The first-order valence-electron chi connectivity index (χ1n) is 6.85. The number of aromatic nitrogens is 3. The lowest BCUT2D eigenvalue weighted by Crippen LogP contribution is -2.16. The topological polar surface area (TPSA) is 83.8 Å². The van der Waals surface area contributed by atoms with Gasteiger partial charge in [0.1, 0.15) is 5.76 Å². The van der Waals surface area contributed by atoms with Crippen molar-refractivity contribution in [3.05, 3.63) is 39.5 Å². The molecule has 0 saturated heterocycles. The van der Waals surface area contributed by atoms with Crippen LogP contribution in [-0.4, -0.2) is 21.1 Å². The van der Waals surface area contributed by atoms with Gasteiger partial charge in [-0.1, -0.05) is 0 Å². The van der Waals surface area contributed by atoms with E-state index in [1.165, 1.54) is 0 Å². The highest BCUT2D eigenvalue weighted by molar-refractivity contribution is 7.08. The number of amides is 1. The third kappa shape index (κ3) is 2.80. The molecule has 114 valence electrons. The molecule has 0 spiro atoms. The van der Waals surface area contributed by atoms with Crippen LogP contribution in [0.5, 0.6) is 0 Å². The Hall–Kier alpha value is -2.41. The Bertz CT molecular complexity index is 802. The number of aryl methyl sites for hydroxylation is 2. The van der Waals surface area contributed by atoms with Crippen LogP contribution in [0, 0.1) is 20.8 Å². The number of nitrogens with zero attached hydrogens (tertiary/aromatic N) is 2. The van der Waals surface area contributed by atoms with Crippen molar-refractivity contribution < 1.29 is 9.21 Å². The lowest BCUT2D eigenvalue weighted by molar-refractivity contribution is -0.115. The number of anilines is 1. The predicted molar refractivity (Wildman–Crippen MR) is 84.9 cm³/mol. The molecule has 1 amide bonds. The van der Waals surface area contributed by atoms with E-state index in [1.807, 2.05) is 37.6 Å². The second kappa shape index (κ2) is 5.76. The number of carbonyl (C=O) groups is 1. The minimum Gasteiger partial charge on any atom is -0.441 e. The normalized spacial score (nSPS) is 10.9. The number of H-pyrrole nitrogens is 1. The van der Waals surface area contributed by atoms with E-state index in [4.69, 9.17) is 4.42 Å². The summed E-state index contributed by atoms with van der Waals surface area (Å²) in [6, 6.07) is 1.94. The van der Waals surface area contributed by atoms with Crippen molar-refractivity contribution in [2.45, 2.75) is 27.2 Å². The van der Waals surface area contributed by atoms with Crippen LogP contribution in [0.2, 0.25) is 0 Å². The number of thiophene rings is 1. The summed E-state index contributed by atoms with van der Waals surface area (Å²) in [6.45, 7) is 5.63. The summed E-state index contributed by atoms with van der Waals surface area (Å²) in [7, 11) is 0. The summed E-state index contributed by atoms with van der Waals surface area (Å²) in [5.41, 5.74) is 3.44. The number of hydrogen-bond donors (Lipinski definition) is 2. The molecule has 0 unspecified atom stereocenters. The standard InChI is InChI=1S/C15H16N4O2S/c1-8-9(2)18-19-14(8)17-13(20)6-12-10(3)21-15(16-12)11-4-5-22-7-11/h4-5,7H,6H2,1-3H3,(H2,17,18,19,20). The van der Waals surface area contributed by atoms with E-state index in [9.17, 15) is 4.79 Å². The average Bonchev–Trinajstić information content (AvgIpc) is 3.18. The van der Waals surface area contributed by atoms with Gasteiger partial charge in [-0.15, -0.1) is 0 Å². The molecular weight excluding hydrogens is 300 g/mol. The van der Waals surface area contributed by atoms with E-state index in [0.717, 1.165) is 16.8 Å². The molecule has 0 aromatic carbocycles. The molecule has 0 fully saturated rings. The monoisotopic (exact) mass is 316 g/mol. The van der Waals surface area contributed by atoms with E-state index >= 15 is 0 Å². The Labute approximate surface area is 131 Å². The molecule has 0 aliphatic rings. The Morgan fingerprint density at radius 3 is 2.86 bits per heavy atom. The fourth-order valence-electron chi connectivity index (χ4n) is 2.04. The Kier molecular flexibility index (Phi) is 3.81. The first kappa shape index (κ1) is 14.5. The van der Waals surface area contributed by atoms with Crippen molar-refractivity contribution in [1.29, 1.82) is 0 Å². The van der Waals surface area contributed by atoms with E-state index in [2.05, 4.69) is 20.5 Å². The van der Waals surface area contributed by atoms with Crippen molar-refractivity contribution in [3.63, 3.8) is 0 Å². The van der Waals surface area contributed by atoms with Gasteiger partial charge in [0.25, 0.3) is 0 Å². The van der Waals surface area contributed by atoms with Crippen molar-refractivity contribution in [3.8, 4) is 11.5 Å². The lowest BCUT2D eigenvalue weighted by atomic mass is 10.2. The van der Waals surface area contributed by atoms with Gasteiger partial charge >= 0.3 is 0 Å². The van der Waals surface area contributed by atoms with Crippen LogP contribution >= 0.6 is 11.3 Å².